The Bertz CT molecular complexity index is 459. The van der Waals surface area contributed by atoms with Crippen LogP contribution in [0.5, 0.6) is 0 Å². The second-order valence-corrected chi connectivity index (χ2v) is 5.89. The molecule has 0 unspecified atom stereocenters. The summed E-state index contributed by atoms with van der Waals surface area (Å²) in [5.41, 5.74) is 6.44. The zero-order valence-corrected chi connectivity index (χ0v) is 13.2. The van der Waals surface area contributed by atoms with Crippen LogP contribution in [0.2, 0.25) is 0 Å². The number of aromatic nitrogens is 2. The van der Waals surface area contributed by atoms with Gasteiger partial charge in [0.25, 0.3) is 0 Å². The summed E-state index contributed by atoms with van der Waals surface area (Å²) < 4.78 is 11.9. The van der Waals surface area contributed by atoms with Crippen molar-refractivity contribution >= 4 is 21.7 Å². The number of anilines is 1. The Morgan fingerprint density at radius 2 is 1.95 bits per heavy atom. The molecule has 2 N–H and O–H groups in total. The maximum atomic E-state index is 5.99. The third-order valence-electron chi connectivity index (χ3n) is 3.55. The summed E-state index contributed by atoms with van der Waals surface area (Å²) in [7, 11) is 1.70. The molecular weight excluding hydrogens is 310 g/mol. The Labute approximate surface area is 122 Å². The van der Waals surface area contributed by atoms with E-state index in [1.54, 1.807) is 7.11 Å². The summed E-state index contributed by atoms with van der Waals surface area (Å²) in [5.74, 6) is 1.41. The Balaban J connectivity index is 2.49. The van der Waals surface area contributed by atoms with Gasteiger partial charge in [-0.1, -0.05) is 13.8 Å². The second-order valence-electron chi connectivity index (χ2n) is 5.10. The zero-order valence-electron chi connectivity index (χ0n) is 11.6. The number of nitrogens with zero attached hydrogens (tertiary/aromatic N) is 2. The van der Waals surface area contributed by atoms with Gasteiger partial charge in [-0.15, -0.1) is 0 Å². The van der Waals surface area contributed by atoms with Crippen LogP contribution in [0.25, 0.3) is 0 Å². The predicted molar refractivity (Wildman–Crippen MR) is 77.0 cm³/mol. The smallest absolute Gasteiger partial charge is 0.163 e. The first-order valence-corrected chi connectivity index (χ1v) is 7.26. The standard InChI is InChI=1S/C13H20BrN3O2/c1-8(2)10-9(14)11(15)17-12(16-10)13(18-3)4-6-19-7-5-13/h8H,4-7H2,1-3H3,(H2,15,16,17). The molecule has 2 rings (SSSR count). The normalized spacial score (nSPS) is 18.8. The highest BCUT2D eigenvalue weighted by Crippen LogP contribution is 2.36. The summed E-state index contributed by atoms with van der Waals surface area (Å²) in [5, 5.41) is 0. The van der Waals surface area contributed by atoms with Gasteiger partial charge in [0.2, 0.25) is 0 Å². The zero-order chi connectivity index (χ0) is 14.0. The molecule has 1 saturated heterocycles. The van der Waals surface area contributed by atoms with E-state index in [1.807, 2.05) is 0 Å². The number of nitrogen functional groups attached to an aromatic ring is 1. The predicted octanol–water partition coefficient (Wildman–Crippen LogP) is 2.60. The fraction of sp³-hybridized carbons (Fsp3) is 0.692. The summed E-state index contributed by atoms with van der Waals surface area (Å²) in [6.45, 7) is 5.48. The van der Waals surface area contributed by atoms with Crippen molar-refractivity contribution in [3.8, 4) is 0 Å². The SMILES string of the molecule is COC1(c2nc(N)c(Br)c(C(C)C)n2)CCOCC1. The molecular formula is C13H20BrN3O2. The lowest BCUT2D eigenvalue weighted by molar-refractivity contribution is -0.100. The van der Waals surface area contributed by atoms with Crippen molar-refractivity contribution in [2.75, 3.05) is 26.1 Å². The fourth-order valence-corrected chi connectivity index (χ4v) is 2.92. The molecule has 1 fully saturated rings. The van der Waals surface area contributed by atoms with Crippen LogP contribution in [0.3, 0.4) is 0 Å². The van der Waals surface area contributed by atoms with Gasteiger partial charge in [0.15, 0.2) is 5.82 Å². The summed E-state index contributed by atoms with van der Waals surface area (Å²) >= 11 is 3.46. The first-order valence-electron chi connectivity index (χ1n) is 6.46. The molecule has 5 nitrogen and oxygen atoms in total. The molecule has 0 aromatic carbocycles. The largest absolute Gasteiger partial charge is 0.383 e. The highest BCUT2D eigenvalue weighted by atomic mass is 79.9. The number of rotatable bonds is 3. The Morgan fingerprint density at radius 3 is 2.47 bits per heavy atom. The maximum Gasteiger partial charge on any atom is 0.163 e. The van der Waals surface area contributed by atoms with Gasteiger partial charge >= 0.3 is 0 Å². The Hall–Kier alpha value is -0.720. The molecule has 0 atom stereocenters. The fourth-order valence-electron chi connectivity index (χ4n) is 2.29. The van der Waals surface area contributed by atoms with Gasteiger partial charge in [0.1, 0.15) is 11.4 Å². The van der Waals surface area contributed by atoms with Gasteiger partial charge in [0.05, 0.1) is 10.2 Å². The van der Waals surface area contributed by atoms with E-state index in [4.69, 9.17) is 15.2 Å². The van der Waals surface area contributed by atoms with Crippen molar-refractivity contribution < 1.29 is 9.47 Å². The number of methoxy groups -OCH3 is 1. The molecule has 1 aliphatic rings. The molecule has 0 radical (unpaired) electrons. The van der Waals surface area contributed by atoms with E-state index in [-0.39, 0.29) is 5.92 Å². The number of halogens is 1. The van der Waals surface area contributed by atoms with Crippen LogP contribution in [-0.4, -0.2) is 30.3 Å². The average Bonchev–Trinajstić information content (AvgIpc) is 2.42. The van der Waals surface area contributed by atoms with Gasteiger partial charge in [0, 0.05) is 33.2 Å². The highest BCUT2D eigenvalue weighted by Gasteiger charge is 2.38. The first-order chi connectivity index (χ1) is 9.00. The lowest BCUT2D eigenvalue weighted by Crippen LogP contribution is -2.37. The minimum Gasteiger partial charge on any atom is -0.383 e. The van der Waals surface area contributed by atoms with Gasteiger partial charge in [-0.3, -0.25) is 0 Å². The van der Waals surface area contributed by atoms with E-state index in [2.05, 4.69) is 39.7 Å². The van der Waals surface area contributed by atoms with E-state index in [9.17, 15) is 0 Å². The van der Waals surface area contributed by atoms with Crippen molar-refractivity contribution in [1.29, 1.82) is 0 Å². The number of ether oxygens (including phenoxy) is 2. The molecule has 1 aromatic rings. The molecule has 0 amide bonds. The van der Waals surface area contributed by atoms with E-state index in [1.165, 1.54) is 0 Å². The molecule has 1 aromatic heterocycles. The number of hydrogen-bond acceptors (Lipinski definition) is 5. The Kier molecular flexibility index (Phi) is 4.43. The maximum absolute atomic E-state index is 5.99. The summed E-state index contributed by atoms with van der Waals surface area (Å²) in [6, 6.07) is 0. The van der Waals surface area contributed by atoms with Crippen LogP contribution < -0.4 is 5.73 Å². The molecule has 2 heterocycles. The minimum absolute atomic E-state index is 0.271. The van der Waals surface area contributed by atoms with Crippen molar-refractivity contribution in [2.45, 2.75) is 38.2 Å². The third kappa shape index (κ3) is 2.75. The van der Waals surface area contributed by atoms with Crippen LogP contribution in [-0.2, 0) is 15.1 Å². The first kappa shape index (κ1) is 14.7. The molecule has 106 valence electrons. The van der Waals surface area contributed by atoms with Crippen molar-refractivity contribution in [3.05, 3.63) is 16.0 Å². The molecule has 6 heteroatoms. The second kappa shape index (κ2) is 5.73. The molecule has 0 saturated carbocycles. The van der Waals surface area contributed by atoms with Gasteiger partial charge in [-0.2, -0.15) is 0 Å². The van der Waals surface area contributed by atoms with E-state index < -0.39 is 5.60 Å². The Morgan fingerprint density at radius 1 is 1.32 bits per heavy atom. The van der Waals surface area contributed by atoms with Crippen LogP contribution in [0, 0.1) is 0 Å². The van der Waals surface area contributed by atoms with Crippen molar-refractivity contribution in [2.24, 2.45) is 0 Å². The van der Waals surface area contributed by atoms with E-state index >= 15 is 0 Å². The molecule has 1 aliphatic heterocycles. The van der Waals surface area contributed by atoms with Gasteiger partial charge in [-0.05, 0) is 21.8 Å². The van der Waals surface area contributed by atoms with Crippen molar-refractivity contribution in [1.82, 2.24) is 9.97 Å². The third-order valence-corrected chi connectivity index (χ3v) is 4.36. The van der Waals surface area contributed by atoms with E-state index in [0.29, 0.717) is 24.9 Å². The van der Waals surface area contributed by atoms with Crippen LogP contribution >= 0.6 is 15.9 Å². The molecule has 19 heavy (non-hydrogen) atoms. The lowest BCUT2D eigenvalue weighted by Gasteiger charge is -2.34. The molecule has 0 bridgehead atoms. The average molecular weight is 330 g/mol. The van der Waals surface area contributed by atoms with Gasteiger partial charge in [-0.25, -0.2) is 9.97 Å². The summed E-state index contributed by atoms with van der Waals surface area (Å²) in [6.07, 6.45) is 1.50. The lowest BCUT2D eigenvalue weighted by atomic mass is 9.92. The monoisotopic (exact) mass is 329 g/mol. The molecule has 0 spiro atoms. The highest BCUT2D eigenvalue weighted by molar-refractivity contribution is 9.10. The number of hydrogen-bond donors (Lipinski definition) is 1. The summed E-state index contributed by atoms with van der Waals surface area (Å²) in [4.78, 5) is 9.10. The van der Waals surface area contributed by atoms with Crippen LogP contribution in [0.15, 0.2) is 4.47 Å². The van der Waals surface area contributed by atoms with Gasteiger partial charge < -0.3 is 15.2 Å². The quantitative estimate of drug-likeness (QED) is 0.922. The van der Waals surface area contributed by atoms with Crippen molar-refractivity contribution in [3.63, 3.8) is 0 Å². The van der Waals surface area contributed by atoms with Crippen LogP contribution in [0.1, 0.15) is 44.1 Å². The molecule has 0 aliphatic carbocycles. The number of nitrogens with two attached hydrogens (primary N) is 1. The topological polar surface area (TPSA) is 70.3 Å². The minimum atomic E-state index is -0.475. The van der Waals surface area contributed by atoms with Crippen LogP contribution in [0.4, 0.5) is 5.82 Å². The van der Waals surface area contributed by atoms with E-state index in [0.717, 1.165) is 23.0 Å².